The van der Waals surface area contributed by atoms with E-state index in [1.807, 2.05) is 0 Å². The molecule has 1 aliphatic carbocycles. The smallest absolute Gasteiger partial charge is 0.0684 e. The summed E-state index contributed by atoms with van der Waals surface area (Å²) in [6.45, 7) is 9.25. The van der Waals surface area contributed by atoms with E-state index in [1.54, 1.807) is 0 Å². The lowest BCUT2D eigenvalue weighted by molar-refractivity contribution is -0.245. The van der Waals surface area contributed by atoms with Gasteiger partial charge < -0.3 is 4.74 Å². The minimum Gasteiger partial charge on any atom is -0.371 e. The lowest BCUT2D eigenvalue weighted by atomic mass is 9.58. The van der Waals surface area contributed by atoms with Crippen molar-refractivity contribution >= 4 is 0 Å². The summed E-state index contributed by atoms with van der Waals surface area (Å²) >= 11 is 0. The molecular formula is C12H22O. The minimum atomic E-state index is 0.191. The van der Waals surface area contributed by atoms with Crippen LogP contribution in [0.25, 0.3) is 0 Å². The highest BCUT2D eigenvalue weighted by Crippen LogP contribution is 2.56. The van der Waals surface area contributed by atoms with Gasteiger partial charge in [-0.15, -0.1) is 0 Å². The maximum absolute atomic E-state index is 6.18. The number of rotatable bonds is 1. The molecule has 0 aromatic rings. The molecule has 0 radical (unpaired) electrons. The van der Waals surface area contributed by atoms with E-state index in [0.717, 1.165) is 5.92 Å². The van der Waals surface area contributed by atoms with Crippen LogP contribution in [0, 0.1) is 11.3 Å². The molecular weight excluding hydrogens is 160 g/mol. The van der Waals surface area contributed by atoms with Crippen LogP contribution in [0.15, 0.2) is 0 Å². The summed E-state index contributed by atoms with van der Waals surface area (Å²) in [6, 6.07) is 0. The Bertz CT molecular complexity index is 213. The summed E-state index contributed by atoms with van der Waals surface area (Å²) in [6.07, 6.45) is 5.79. The monoisotopic (exact) mass is 182 g/mol. The maximum atomic E-state index is 6.18. The summed E-state index contributed by atoms with van der Waals surface area (Å²) in [4.78, 5) is 0. The SMILES string of the molecule is CCC12CC[C@@](C)(O[C@H]1C)C(C)C2. The quantitative estimate of drug-likeness (QED) is 0.604. The molecule has 2 bridgehead atoms. The predicted molar refractivity (Wildman–Crippen MR) is 54.7 cm³/mol. The molecule has 1 saturated carbocycles. The van der Waals surface area contributed by atoms with E-state index in [9.17, 15) is 0 Å². The Morgan fingerprint density at radius 2 is 2.00 bits per heavy atom. The first-order valence-corrected chi connectivity index (χ1v) is 5.70. The van der Waals surface area contributed by atoms with Crippen molar-refractivity contribution in [2.45, 2.75) is 65.1 Å². The molecule has 3 aliphatic rings. The van der Waals surface area contributed by atoms with Crippen LogP contribution in [0.1, 0.15) is 53.4 Å². The van der Waals surface area contributed by atoms with Crippen molar-refractivity contribution in [3.05, 3.63) is 0 Å². The Hall–Kier alpha value is -0.0400. The highest BCUT2D eigenvalue weighted by atomic mass is 16.5. The van der Waals surface area contributed by atoms with Crippen molar-refractivity contribution in [3.63, 3.8) is 0 Å². The van der Waals surface area contributed by atoms with Gasteiger partial charge in [-0.2, -0.15) is 0 Å². The highest BCUT2D eigenvalue weighted by Gasteiger charge is 2.54. The zero-order chi connectivity index (χ0) is 9.69. The van der Waals surface area contributed by atoms with Crippen LogP contribution in [0.3, 0.4) is 0 Å². The van der Waals surface area contributed by atoms with Crippen LogP contribution in [0.5, 0.6) is 0 Å². The van der Waals surface area contributed by atoms with Crippen molar-refractivity contribution in [3.8, 4) is 0 Å². The Morgan fingerprint density at radius 3 is 2.46 bits per heavy atom. The normalized spacial score (nSPS) is 55.4. The Kier molecular flexibility index (Phi) is 1.99. The van der Waals surface area contributed by atoms with Crippen LogP contribution < -0.4 is 0 Å². The van der Waals surface area contributed by atoms with E-state index in [0.29, 0.717) is 11.5 Å². The second-order valence-electron chi connectivity index (χ2n) is 5.39. The summed E-state index contributed by atoms with van der Waals surface area (Å²) in [5, 5.41) is 0. The molecule has 2 heterocycles. The standard InChI is InChI=1S/C12H22O/c1-5-12-7-6-11(4,9(2)8-12)13-10(12)3/h9-10H,5-8H2,1-4H3/t9?,10-,11+,12?/m0/s1. The van der Waals surface area contributed by atoms with Gasteiger partial charge in [-0.25, -0.2) is 0 Å². The van der Waals surface area contributed by atoms with Crippen molar-refractivity contribution in [1.82, 2.24) is 0 Å². The van der Waals surface area contributed by atoms with Gasteiger partial charge >= 0.3 is 0 Å². The average molecular weight is 182 g/mol. The van der Waals surface area contributed by atoms with E-state index in [2.05, 4.69) is 27.7 Å². The van der Waals surface area contributed by atoms with Gasteiger partial charge in [0, 0.05) is 0 Å². The molecule has 0 N–H and O–H groups in total. The highest BCUT2D eigenvalue weighted by molar-refractivity contribution is 5.03. The molecule has 0 aromatic carbocycles. The van der Waals surface area contributed by atoms with E-state index in [-0.39, 0.29) is 5.60 Å². The molecule has 0 aromatic heterocycles. The number of hydrogen-bond donors (Lipinski definition) is 0. The predicted octanol–water partition coefficient (Wildman–Crippen LogP) is 3.38. The summed E-state index contributed by atoms with van der Waals surface area (Å²) in [5.74, 6) is 0.748. The fourth-order valence-corrected chi connectivity index (χ4v) is 3.35. The van der Waals surface area contributed by atoms with Gasteiger partial charge in [0.15, 0.2) is 0 Å². The van der Waals surface area contributed by atoms with Gasteiger partial charge in [-0.05, 0) is 50.9 Å². The van der Waals surface area contributed by atoms with E-state index < -0.39 is 0 Å². The lowest BCUT2D eigenvalue weighted by Gasteiger charge is -2.59. The molecule has 2 unspecified atom stereocenters. The zero-order valence-corrected chi connectivity index (χ0v) is 9.39. The summed E-state index contributed by atoms with van der Waals surface area (Å²) in [5.41, 5.74) is 0.702. The molecule has 0 amide bonds. The largest absolute Gasteiger partial charge is 0.371 e. The van der Waals surface area contributed by atoms with Crippen molar-refractivity contribution in [1.29, 1.82) is 0 Å². The van der Waals surface area contributed by atoms with Crippen molar-refractivity contribution < 1.29 is 4.74 Å². The van der Waals surface area contributed by atoms with Gasteiger partial charge in [0.2, 0.25) is 0 Å². The lowest BCUT2D eigenvalue weighted by Crippen LogP contribution is -2.58. The van der Waals surface area contributed by atoms with Crippen LogP contribution in [-0.2, 0) is 4.74 Å². The fourth-order valence-electron chi connectivity index (χ4n) is 3.35. The summed E-state index contributed by atoms with van der Waals surface area (Å²) < 4.78 is 6.18. The van der Waals surface area contributed by atoms with Gasteiger partial charge in [-0.1, -0.05) is 13.8 Å². The fraction of sp³-hybridized carbons (Fsp3) is 1.00. The van der Waals surface area contributed by atoms with Gasteiger partial charge in [0.1, 0.15) is 0 Å². The first-order chi connectivity index (χ1) is 6.02. The molecule has 1 heteroatoms. The van der Waals surface area contributed by atoms with Crippen LogP contribution in [0.2, 0.25) is 0 Å². The number of ether oxygens (including phenoxy) is 1. The summed E-state index contributed by atoms with van der Waals surface area (Å²) in [7, 11) is 0. The number of hydrogen-bond acceptors (Lipinski definition) is 1. The Balaban J connectivity index is 2.27. The van der Waals surface area contributed by atoms with Crippen LogP contribution in [-0.4, -0.2) is 11.7 Å². The molecule has 13 heavy (non-hydrogen) atoms. The van der Waals surface area contributed by atoms with E-state index in [4.69, 9.17) is 4.74 Å². The van der Waals surface area contributed by atoms with Crippen molar-refractivity contribution in [2.75, 3.05) is 0 Å². The van der Waals surface area contributed by atoms with Crippen LogP contribution >= 0.6 is 0 Å². The molecule has 4 atom stereocenters. The van der Waals surface area contributed by atoms with E-state index >= 15 is 0 Å². The third kappa shape index (κ3) is 1.16. The Morgan fingerprint density at radius 1 is 1.31 bits per heavy atom. The zero-order valence-electron chi connectivity index (χ0n) is 9.39. The van der Waals surface area contributed by atoms with Crippen molar-refractivity contribution in [2.24, 2.45) is 11.3 Å². The first kappa shape index (κ1) is 9.51. The molecule has 1 nitrogen and oxygen atoms in total. The van der Waals surface area contributed by atoms with Gasteiger partial charge in [0.25, 0.3) is 0 Å². The number of fused-ring (bicyclic) bond motifs is 3. The topological polar surface area (TPSA) is 9.23 Å². The third-order valence-corrected chi connectivity index (χ3v) is 4.89. The molecule has 3 fully saturated rings. The third-order valence-electron chi connectivity index (χ3n) is 4.89. The molecule has 0 spiro atoms. The Labute approximate surface area is 81.9 Å². The molecule has 2 aliphatic heterocycles. The van der Waals surface area contributed by atoms with E-state index in [1.165, 1.54) is 25.7 Å². The molecule has 3 rings (SSSR count). The molecule has 76 valence electrons. The maximum Gasteiger partial charge on any atom is 0.0684 e. The van der Waals surface area contributed by atoms with Gasteiger partial charge in [0.05, 0.1) is 11.7 Å². The minimum absolute atomic E-state index is 0.191. The van der Waals surface area contributed by atoms with Gasteiger partial charge in [-0.3, -0.25) is 0 Å². The average Bonchev–Trinajstić information content (AvgIpc) is 2.09. The van der Waals surface area contributed by atoms with Crippen LogP contribution in [0.4, 0.5) is 0 Å². The second-order valence-corrected chi connectivity index (χ2v) is 5.39. The first-order valence-electron chi connectivity index (χ1n) is 5.70. The second kappa shape index (κ2) is 2.73. The molecule has 2 saturated heterocycles.